The maximum Gasteiger partial charge on any atom is 0.270 e. The first-order valence-electron chi connectivity index (χ1n) is 22.8. The standard InChI is InChI=1S/C46H57N11O10/c1-53(2)44(62)35-26-30-27-49-46(52-41(30)56(35)31-6-3-4-7-31)50-37-12-10-32(28-48-37)55-17-15-54(16-18-55)19-21-65-23-25-66-24-22-64-20-14-47-39(59)29-67-36-9-5-8-33-40(36)45(63)57(43(33)61)34-11-13-38(58)51-42(34)60/h5,8-10,12,26-28,31,34H,3-4,6-7,11,13-25,29H2,1-2H3,(H,47,59)(H,51,58,60)(H,48,49,50,52). The summed E-state index contributed by atoms with van der Waals surface area (Å²) in [5, 5.41) is 8.94. The molecule has 3 fully saturated rings. The van der Waals surface area contributed by atoms with E-state index in [2.05, 4.69) is 46.4 Å². The molecule has 2 saturated heterocycles. The van der Waals surface area contributed by atoms with E-state index in [1.807, 2.05) is 18.3 Å². The highest BCUT2D eigenvalue weighted by molar-refractivity contribution is 6.24. The third-order valence-electron chi connectivity index (χ3n) is 12.3. The summed E-state index contributed by atoms with van der Waals surface area (Å²) in [6.07, 6.45) is 8.01. The number of benzene rings is 1. The summed E-state index contributed by atoms with van der Waals surface area (Å²) in [5.74, 6) is -1.90. The monoisotopic (exact) mass is 923 g/mol. The molecule has 3 N–H and O–H groups in total. The van der Waals surface area contributed by atoms with Crippen molar-refractivity contribution >= 4 is 63.9 Å². The Bertz CT molecular complexity index is 2450. The predicted octanol–water partition coefficient (Wildman–Crippen LogP) is 2.16. The van der Waals surface area contributed by atoms with Crippen LogP contribution in [0.5, 0.6) is 5.75 Å². The zero-order valence-electron chi connectivity index (χ0n) is 37.9. The van der Waals surface area contributed by atoms with Gasteiger partial charge in [-0.25, -0.2) is 9.97 Å². The normalized spacial score (nSPS) is 17.9. The third kappa shape index (κ3) is 11.2. The van der Waals surface area contributed by atoms with Crippen molar-refractivity contribution in [3.05, 3.63) is 65.6 Å². The number of carbonyl (C=O) groups excluding carboxylic acids is 6. The second-order valence-electron chi connectivity index (χ2n) is 17.0. The lowest BCUT2D eigenvalue weighted by Gasteiger charge is -2.35. The van der Waals surface area contributed by atoms with Crippen LogP contribution in [0.2, 0.25) is 0 Å². The molecule has 356 valence electrons. The summed E-state index contributed by atoms with van der Waals surface area (Å²) < 4.78 is 24.7. The fourth-order valence-electron chi connectivity index (χ4n) is 8.78. The van der Waals surface area contributed by atoms with Gasteiger partial charge in [0.05, 0.1) is 62.7 Å². The number of nitrogens with zero attached hydrogens (tertiary/aromatic N) is 8. The van der Waals surface area contributed by atoms with E-state index in [4.69, 9.17) is 23.9 Å². The maximum atomic E-state index is 13.2. The van der Waals surface area contributed by atoms with Crippen LogP contribution in [0.3, 0.4) is 0 Å². The molecule has 1 aromatic carbocycles. The highest BCUT2D eigenvalue weighted by atomic mass is 16.5. The van der Waals surface area contributed by atoms with Crippen LogP contribution in [0.25, 0.3) is 11.0 Å². The predicted molar refractivity (Wildman–Crippen MR) is 243 cm³/mol. The zero-order chi connectivity index (χ0) is 46.9. The molecule has 8 rings (SSSR count). The number of anilines is 3. The lowest BCUT2D eigenvalue weighted by atomic mass is 10.0. The number of ether oxygens (including phenoxy) is 4. The molecule has 4 aromatic rings. The Morgan fingerprint density at radius 2 is 1.60 bits per heavy atom. The molecule has 3 aromatic heterocycles. The Labute approximate surface area is 387 Å². The molecule has 1 unspecified atom stereocenters. The first-order chi connectivity index (χ1) is 32.5. The first-order valence-corrected chi connectivity index (χ1v) is 22.8. The highest BCUT2D eigenvalue weighted by Crippen LogP contribution is 2.36. The minimum absolute atomic E-state index is 0.0107. The molecule has 0 radical (unpaired) electrons. The van der Waals surface area contributed by atoms with E-state index in [9.17, 15) is 28.8 Å². The van der Waals surface area contributed by atoms with Gasteiger partial charge in [-0.2, -0.15) is 4.98 Å². The summed E-state index contributed by atoms with van der Waals surface area (Å²) in [6, 6.07) is 9.48. The van der Waals surface area contributed by atoms with Gasteiger partial charge in [0.25, 0.3) is 23.6 Å². The molecule has 1 saturated carbocycles. The van der Waals surface area contributed by atoms with Crippen molar-refractivity contribution in [3.8, 4) is 5.75 Å². The molecular formula is C46H57N11O10. The number of piperazine rings is 1. The quantitative estimate of drug-likeness (QED) is 0.0803. The topological polar surface area (TPSA) is 232 Å². The molecule has 0 spiro atoms. The maximum absolute atomic E-state index is 13.2. The average Bonchev–Trinajstić information content (AvgIpc) is 4.06. The average molecular weight is 924 g/mol. The van der Waals surface area contributed by atoms with Gasteiger partial charge in [-0.3, -0.25) is 43.9 Å². The molecule has 6 amide bonds. The van der Waals surface area contributed by atoms with Gasteiger partial charge in [-0.1, -0.05) is 18.9 Å². The van der Waals surface area contributed by atoms with Crippen LogP contribution in [0.4, 0.5) is 17.5 Å². The third-order valence-corrected chi connectivity index (χ3v) is 12.3. The number of imide groups is 2. The van der Waals surface area contributed by atoms with Gasteiger partial charge in [0.1, 0.15) is 29.0 Å². The van der Waals surface area contributed by atoms with Crippen LogP contribution in [0, 0.1) is 0 Å². The van der Waals surface area contributed by atoms with Crippen molar-refractivity contribution in [2.75, 3.05) is 110 Å². The zero-order valence-corrected chi connectivity index (χ0v) is 37.9. The van der Waals surface area contributed by atoms with E-state index in [0.717, 1.165) is 80.0 Å². The minimum atomic E-state index is -1.10. The molecule has 21 heteroatoms. The molecule has 4 aliphatic rings. The van der Waals surface area contributed by atoms with E-state index < -0.39 is 42.2 Å². The van der Waals surface area contributed by atoms with Crippen molar-refractivity contribution < 1.29 is 47.7 Å². The summed E-state index contributed by atoms with van der Waals surface area (Å²) >= 11 is 0. The number of hydrogen-bond donors (Lipinski definition) is 3. The summed E-state index contributed by atoms with van der Waals surface area (Å²) in [5.41, 5.74) is 2.49. The smallest absolute Gasteiger partial charge is 0.270 e. The van der Waals surface area contributed by atoms with Gasteiger partial charge >= 0.3 is 0 Å². The first kappa shape index (κ1) is 47.0. The number of nitrogens with one attached hydrogen (secondary N) is 3. The number of piperidine rings is 1. The largest absolute Gasteiger partial charge is 0.483 e. The van der Waals surface area contributed by atoms with E-state index in [-0.39, 0.29) is 54.8 Å². The van der Waals surface area contributed by atoms with Crippen molar-refractivity contribution in [3.63, 3.8) is 0 Å². The summed E-state index contributed by atoms with van der Waals surface area (Å²) in [7, 11) is 3.54. The molecule has 21 nitrogen and oxygen atoms in total. The van der Waals surface area contributed by atoms with Crippen molar-refractivity contribution in [2.24, 2.45) is 0 Å². The van der Waals surface area contributed by atoms with Crippen molar-refractivity contribution in [1.29, 1.82) is 0 Å². The molecule has 0 bridgehead atoms. The summed E-state index contributed by atoms with van der Waals surface area (Å²) in [4.78, 5) is 96.8. The Hall–Kier alpha value is -6.55. The van der Waals surface area contributed by atoms with E-state index in [1.165, 1.54) is 18.2 Å². The second-order valence-corrected chi connectivity index (χ2v) is 17.0. The van der Waals surface area contributed by atoms with Crippen LogP contribution >= 0.6 is 0 Å². The van der Waals surface area contributed by atoms with Crippen LogP contribution in [-0.2, 0) is 28.6 Å². The fraction of sp³-hybridized carbons (Fsp3) is 0.500. The highest BCUT2D eigenvalue weighted by Gasteiger charge is 2.46. The lowest BCUT2D eigenvalue weighted by Crippen LogP contribution is -2.54. The SMILES string of the molecule is CN(C)C(=O)c1cc2cnc(Nc3ccc(N4CCN(CCOCCOCCOCCNC(=O)COc5cccc6c5C(=O)N(C5CCC(=O)NC5=O)C6=O)CC4)cn3)nc2n1C1CCCC1. The molecular weight excluding hydrogens is 867 g/mol. The number of amides is 6. The number of aromatic nitrogens is 4. The number of rotatable bonds is 21. The molecule has 6 heterocycles. The second kappa shape index (κ2) is 21.8. The fourth-order valence-corrected chi connectivity index (χ4v) is 8.78. The van der Waals surface area contributed by atoms with E-state index >= 15 is 0 Å². The van der Waals surface area contributed by atoms with Crippen LogP contribution in [-0.4, -0.2) is 175 Å². The minimum Gasteiger partial charge on any atom is -0.483 e. The van der Waals surface area contributed by atoms with Gasteiger partial charge in [0, 0.05) is 77.4 Å². The number of carbonyl (C=O) groups is 6. The van der Waals surface area contributed by atoms with Gasteiger partial charge in [0.2, 0.25) is 17.8 Å². The summed E-state index contributed by atoms with van der Waals surface area (Å²) in [6.45, 7) is 6.64. The van der Waals surface area contributed by atoms with Gasteiger partial charge < -0.3 is 43.9 Å². The molecule has 67 heavy (non-hydrogen) atoms. The molecule has 1 atom stereocenters. The molecule has 1 aliphatic carbocycles. The van der Waals surface area contributed by atoms with Crippen LogP contribution in [0.1, 0.15) is 75.8 Å². The number of fused-ring (bicyclic) bond motifs is 2. The van der Waals surface area contributed by atoms with Gasteiger partial charge in [0.15, 0.2) is 6.61 Å². The van der Waals surface area contributed by atoms with Gasteiger partial charge in [-0.05, 0) is 49.6 Å². The van der Waals surface area contributed by atoms with Crippen LogP contribution < -0.4 is 25.6 Å². The van der Waals surface area contributed by atoms with Crippen molar-refractivity contribution in [1.82, 2.24) is 44.9 Å². The number of hydrogen-bond acceptors (Lipinski definition) is 16. The Balaban J connectivity index is 0.655. The lowest BCUT2D eigenvalue weighted by molar-refractivity contribution is -0.136. The Morgan fingerprint density at radius 1 is 0.851 bits per heavy atom. The van der Waals surface area contributed by atoms with E-state index in [0.29, 0.717) is 50.5 Å². The number of pyridine rings is 1. The van der Waals surface area contributed by atoms with Crippen molar-refractivity contribution in [2.45, 2.75) is 50.6 Å². The van der Waals surface area contributed by atoms with Gasteiger partial charge in [-0.15, -0.1) is 0 Å². The molecule has 3 aliphatic heterocycles. The Morgan fingerprint density at radius 3 is 2.31 bits per heavy atom. The van der Waals surface area contributed by atoms with E-state index in [1.54, 1.807) is 25.2 Å². The van der Waals surface area contributed by atoms with Crippen LogP contribution in [0.15, 0.2) is 48.8 Å². The Kier molecular flexibility index (Phi) is 15.3.